The molecule has 5 rings (SSSR count). The Labute approximate surface area is 186 Å². The van der Waals surface area contributed by atoms with Gasteiger partial charge in [0.2, 0.25) is 0 Å². The molecular weight excluding hydrogens is 406 g/mol. The molecule has 2 fully saturated rings. The number of hydrogen-bond acceptors (Lipinski definition) is 4. The van der Waals surface area contributed by atoms with E-state index in [9.17, 15) is 9.59 Å². The van der Waals surface area contributed by atoms with Crippen molar-refractivity contribution in [2.24, 2.45) is 0 Å². The summed E-state index contributed by atoms with van der Waals surface area (Å²) in [4.78, 5) is 29.7. The van der Waals surface area contributed by atoms with E-state index < -0.39 is 0 Å². The molecule has 1 aromatic heterocycles. The van der Waals surface area contributed by atoms with Crippen LogP contribution < -0.4 is 0 Å². The average Bonchev–Trinajstić information content (AvgIpc) is 3.27. The summed E-state index contributed by atoms with van der Waals surface area (Å²) in [5.41, 5.74) is 3.30. The Morgan fingerprint density at radius 2 is 1.65 bits per heavy atom. The van der Waals surface area contributed by atoms with Crippen molar-refractivity contribution < 1.29 is 9.59 Å². The van der Waals surface area contributed by atoms with Gasteiger partial charge in [-0.15, -0.1) is 0 Å². The van der Waals surface area contributed by atoms with Crippen LogP contribution in [0.1, 0.15) is 30.4 Å². The molecule has 3 aromatic rings. The van der Waals surface area contributed by atoms with Crippen LogP contribution >= 0.6 is 11.8 Å². The lowest BCUT2D eigenvalue weighted by Crippen LogP contribution is -2.42. The Hall–Kier alpha value is -2.83. The van der Waals surface area contributed by atoms with Gasteiger partial charge in [-0.25, -0.2) is 0 Å². The van der Waals surface area contributed by atoms with Gasteiger partial charge in [-0.2, -0.15) is 0 Å². The number of likely N-dealkylation sites (tertiary alicyclic amines) is 1. The minimum atomic E-state index is -0.180. The van der Waals surface area contributed by atoms with Gasteiger partial charge in [-0.3, -0.25) is 19.4 Å². The zero-order valence-electron chi connectivity index (χ0n) is 17.4. The van der Waals surface area contributed by atoms with E-state index in [-0.39, 0.29) is 11.1 Å². The van der Waals surface area contributed by atoms with Crippen molar-refractivity contribution in [3.8, 4) is 0 Å². The van der Waals surface area contributed by atoms with Gasteiger partial charge >= 0.3 is 0 Å². The highest BCUT2D eigenvalue weighted by molar-refractivity contribution is 8.18. The lowest BCUT2D eigenvalue weighted by atomic mass is 10.1. The smallest absolute Gasteiger partial charge is 0.294 e. The van der Waals surface area contributed by atoms with E-state index in [2.05, 4.69) is 39.9 Å². The number of hydrogen-bond donors (Lipinski definition) is 0. The summed E-state index contributed by atoms with van der Waals surface area (Å²) in [5.74, 6) is -0.180. The molecule has 0 spiro atoms. The molecule has 0 radical (unpaired) electrons. The second-order valence-corrected chi connectivity index (χ2v) is 9.14. The maximum atomic E-state index is 13.0. The first-order valence-electron chi connectivity index (χ1n) is 10.8. The van der Waals surface area contributed by atoms with E-state index in [1.165, 1.54) is 16.9 Å². The molecule has 0 aliphatic carbocycles. The Balaban J connectivity index is 1.43. The lowest BCUT2D eigenvalue weighted by molar-refractivity contribution is -0.124. The third-order valence-corrected chi connectivity index (χ3v) is 6.87. The van der Waals surface area contributed by atoms with Gasteiger partial charge in [-0.05, 0) is 55.4 Å². The van der Waals surface area contributed by atoms with Gasteiger partial charge in [0, 0.05) is 29.2 Å². The molecule has 2 amide bonds. The molecule has 0 saturated carbocycles. The van der Waals surface area contributed by atoms with E-state index in [1.54, 1.807) is 0 Å². The first kappa shape index (κ1) is 20.1. The summed E-state index contributed by atoms with van der Waals surface area (Å²) in [6.07, 6.45) is 7.45. The summed E-state index contributed by atoms with van der Waals surface area (Å²) >= 11 is 1.05. The molecule has 5 nitrogen and oxygen atoms in total. The zero-order chi connectivity index (χ0) is 21.2. The van der Waals surface area contributed by atoms with Gasteiger partial charge in [-0.1, -0.05) is 55.0 Å². The number of aromatic nitrogens is 1. The molecule has 0 unspecified atom stereocenters. The highest BCUT2D eigenvalue weighted by Gasteiger charge is 2.36. The normalized spacial score (nSPS) is 19.1. The first-order valence-corrected chi connectivity index (χ1v) is 11.6. The minimum Gasteiger partial charge on any atom is -0.342 e. The van der Waals surface area contributed by atoms with Crippen LogP contribution in [0.2, 0.25) is 0 Å². The van der Waals surface area contributed by atoms with Crippen molar-refractivity contribution in [3.05, 3.63) is 76.8 Å². The Bertz CT molecular complexity index is 1150. The van der Waals surface area contributed by atoms with Gasteiger partial charge in [0.05, 0.1) is 11.6 Å². The predicted octanol–water partition coefficient (Wildman–Crippen LogP) is 5.17. The molecule has 6 heteroatoms. The standard InChI is InChI=1S/C25H25N3O2S/c29-24-23(31-25(30)28(24)18-26-13-7-2-8-14-26)15-20-17-27(16-19-9-3-1-4-10-19)22-12-6-5-11-21(20)22/h1,3-6,9-12,15,17H,2,7-8,13-14,16,18H2/b23-15+. The molecule has 2 saturated heterocycles. The predicted molar refractivity (Wildman–Crippen MR) is 126 cm³/mol. The fraction of sp³-hybridized carbons (Fsp3) is 0.280. The molecule has 31 heavy (non-hydrogen) atoms. The highest BCUT2D eigenvalue weighted by atomic mass is 32.2. The second kappa shape index (κ2) is 8.73. The monoisotopic (exact) mass is 431 g/mol. The van der Waals surface area contributed by atoms with Crippen LogP contribution in [0, 0.1) is 0 Å². The van der Waals surface area contributed by atoms with Crippen LogP contribution in [0.4, 0.5) is 4.79 Å². The second-order valence-electron chi connectivity index (χ2n) is 8.14. The van der Waals surface area contributed by atoms with Crippen molar-refractivity contribution in [1.29, 1.82) is 0 Å². The molecule has 3 heterocycles. The van der Waals surface area contributed by atoms with E-state index in [4.69, 9.17) is 0 Å². The maximum absolute atomic E-state index is 13.0. The lowest BCUT2D eigenvalue weighted by Gasteiger charge is -2.29. The highest BCUT2D eigenvalue weighted by Crippen LogP contribution is 2.34. The van der Waals surface area contributed by atoms with Crippen LogP contribution in [0.25, 0.3) is 17.0 Å². The molecule has 0 N–H and O–H groups in total. The van der Waals surface area contributed by atoms with E-state index in [0.717, 1.165) is 60.7 Å². The van der Waals surface area contributed by atoms with Crippen molar-refractivity contribution in [2.75, 3.05) is 19.8 Å². The molecule has 2 aromatic carbocycles. The van der Waals surface area contributed by atoms with Crippen LogP contribution in [0.3, 0.4) is 0 Å². The van der Waals surface area contributed by atoms with Gasteiger partial charge < -0.3 is 4.57 Å². The number of rotatable bonds is 5. The van der Waals surface area contributed by atoms with Crippen molar-refractivity contribution in [2.45, 2.75) is 25.8 Å². The Morgan fingerprint density at radius 3 is 2.45 bits per heavy atom. The fourth-order valence-corrected chi connectivity index (χ4v) is 5.19. The van der Waals surface area contributed by atoms with E-state index >= 15 is 0 Å². The topological polar surface area (TPSA) is 45.6 Å². The Kier molecular flexibility index (Phi) is 5.66. The van der Waals surface area contributed by atoms with Crippen molar-refractivity contribution in [3.63, 3.8) is 0 Å². The minimum absolute atomic E-state index is 0.171. The number of carbonyl (C=O) groups is 2. The number of carbonyl (C=O) groups excluding carboxylic acids is 2. The summed E-state index contributed by atoms with van der Waals surface area (Å²) in [6, 6.07) is 18.5. The quantitative estimate of drug-likeness (QED) is 0.523. The van der Waals surface area contributed by atoms with Crippen LogP contribution in [0.5, 0.6) is 0 Å². The van der Waals surface area contributed by atoms with E-state index in [0.29, 0.717) is 11.6 Å². The molecule has 2 aliphatic heterocycles. The zero-order valence-corrected chi connectivity index (χ0v) is 18.2. The summed E-state index contributed by atoms with van der Waals surface area (Å²) in [5, 5.41) is 0.913. The van der Waals surface area contributed by atoms with Gasteiger partial charge in [0.15, 0.2) is 0 Å². The summed E-state index contributed by atoms with van der Waals surface area (Å²) in [7, 11) is 0. The third-order valence-electron chi connectivity index (χ3n) is 5.97. The number of fused-ring (bicyclic) bond motifs is 1. The fourth-order valence-electron chi connectivity index (χ4n) is 4.37. The number of nitrogens with zero attached hydrogens (tertiary/aromatic N) is 3. The van der Waals surface area contributed by atoms with E-state index in [1.807, 2.05) is 36.4 Å². The van der Waals surface area contributed by atoms with Crippen molar-refractivity contribution in [1.82, 2.24) is 14.4 Å². The maximum Gasteiger partial charge on any atom is 0.294 e. The number of piperidine rings is 1. The molecular formula is C25H25N3O2S. The van der Waals surface area contributed by atoms with Crippen LogP contribution in [-0.2, 0) is 11.3 Å². The Morgan fingerprint density at radius 1 is 0.903 bits per heavy atom. The van der Waals surface area contributed by atoms with Crippen molar-refractivity contribution >= 4 is 39.9 Å². The summed E-state index contributed by atoms with van der Waals surface area (Å²) in [6.45, 7) is 3.06. The molecule has 158 valence electrons. The van der Waals surface area contributed by atoms with Crippen LogP contribution in [-0.4, -0.2) is 45.3 Å². The molecule has 2 aliphatic rings. The first-order chi connectivity index (χ1) is 15.2. The van der Waals surface area contributed by atoms with Gasteiger partial charge in [0.1, 0.15) is 0 Å². The number of imide groups is 1. The number of amides is 2. The third kappa shape index (κ3) is 4.18. The SMILES string of the molecule is O=C1S/C(=C/c2cn(Cc3ccccc3)c3ccccc23)C(=O)N1CN1CCCCC1. The number of thioether (sulfide) groups is 1. The van der Waals surface area contributed by atoms with Gasteiger partial charge in [0.25, 0.3) is 11.1 Å². The molecule has 0 bridgehead atoms. The summed E-state index contributed by atoms with van der Waals surface area (Å²) < 4.78 is 2.20. The van der Waals surface area contributed by atoms with Crippen LogP contribution in [0.15, 0.2) is 65.7 Å². The number of para-hydroxylation sites is 1. The largest absolute Gasteiger partial charge is 0.342 e. The molecule has 0 atom stereocenters. The average molecular weight is 432 g/mol. The number of benzene rings is 2.